The molecule has 0 saturated heterocycles. The Hall–Kier alpha value is -0.370. The first-order valence-corrected chi connectivity index (χ1v) is 5.46. The quantitative estimate of drug-likeness (QED) is 0.613. The second kappa shape index (κ2) is 2.35. The molecular weight excluding hydrogens is 164 g/mol. The van der Waals surface area contributed by atoms with Crippen molar-refractivity contribution in [3.63, 3.8) is 0 Å². The molecule has 4 atom stereocenters. The largest absolute Gasteiger partial charge is 0.393 e. The molecule has 0 aromatic rings. The Kier molecular flexibility index (Phi) is 1.44. The van der Waals surface area contributed by atoms with E-state index in [0.717, 1.165) is 38.5 Å². The number of hydrogen-bond acceptors (Lipinski definition) is 2. The summed E-state index contributed by atoms with van der Waals surface area (Å²) in [6, 6.07) is 0. The van der Waals surface area contributed by atoms with Crippen LogP contribution in [0.25, 0.3) is 0 Å². The Morgan fingerprint density at radius 3 is 2.85 bits per heavy atom. The van der Waals surface area contributed by atoms with E-state index in [1.807, 2.05) is 0 Å². The highest BCUT2D eigenvalue weighted by molar-refractivity contribution is 5.92. The number of Topliss-reactive ketones (excluding diaryl/α,β-unsaturated/α-hetero) is 1. The number of carbonyl (C=O) groups is 1. The van der Waals surface area contributed by atoms with Gasteiger partial charge in [0.1, 0.15) is 5.78 Å². The predicted molar refractivity (Wildman–Crippen MR) is 48.1 cm³/mol. The first-order chi connectivity index (χ1) is 6.25. The van der Waals surface area contributed by atoms with Crippen LogP contribution in [0.2, 0.25) is 0 Å². The molecule has 3 aliphatic carbocycles. The number of ketones is 1. The Bertz CT molecular complexity index is 261. The summed E-state index contributed by atoms with van der Waals surface area (Å²) in [7, 11) is 0. The summed E-state index contributed by atoms with van der Waals surface area (Å²) >= 11 is 0. The molecule has 1 spiro atoms. The van der Waals surface area contributed by atoms with Crippen molar-refractivity contribution in [3.05, 3.63) is 0 Å². The number of hydrogen-bond donors (Lipinski definition) is 1. The second-order valence-electron chi connectivity index (χ2n) is 5.01. The fourth-order valence-electron chi connectivity index (χ4n) is 4.07. The number of aliphatic hydroxyl groups is 1. The average molecular weight is 180 g/mol. The molecule has 3 rings (SSSR count). The fraction of sp³-hybridized carbons (Fsp3) is 0.909. The lowest BCUT2D eigenvalue weighted by Crippen LogP contribution is -2.57. The van der Waals surface area contributed by atoms with Crippen LogP contribution in [-0.2, 0) is 4.79 Å². The van der Waals surface area contributed by atoms with Crippen LogP contribution in [0.3, 0.4) is 0 Å². The Morgan fingerprint density at radius 1 is 1.31 bits per heavy atom. The highest BCUT2D eigenvalue weighted by atomic mass is 16.3. The summed E-state index contributed by atoms with van der Waals surface area (Å²) < 4.78 is 0. The standard InChI is InChI=1S/C11H16O2/c12-9-4-3-7-6-10(13)11(7)5-1-2-8(9)11/h7-9,12H,1-6H2. The third kappa shape index (κ3) is 0.762. The van der Waals surface area contributed by atoms with Gasteiger partial charge in [-0.05, 0) is 37.5 Å². The van der Waals surface area contributed by atoms with Gasteiger partial charge >= 0.3 is 0 Å². The lowest BCUT2D eigenvalue weighted by Gasteiger charge is -2.54. The van der Waals surface area contributed by atoms with Gasteiger partial charge in [0.15, 0.2) is 0 Å². The zero-order chi connectivity index (χ0) is 9.05. The van der Waals surface area contributed by atoms with E-state index in [4.69, 9.17) is 0 Å². The maximum absolute atomic E-state index is 11.7. The van der Waals surface area contributed by atoms with Gasteiger partial charge in [-0.15, -0.1) is 0 Å². The van der Waals surface area contributed by atoms with Gasteiger partial charge in [0.2, 0.25) is 0 Å². The van der Waals surface area contributed by atoms with Gasteiger partial charge in [-0.3, -0.25) is 4.79 Å². The minimum atomic E-state index is -0.178. The van der Waals surface area contributed by atoms with E-state index in [1.165, 1.54) is 0 Å². The third-order valence-corrected chi connectivity index (χ3v) is 4.72. The Balaban J connectivity index is 1.98. The van der Waals surface area contributed by atoms with Crippen LogP contribution in [0.5, 0.6) is 0 Å². The normalized spacial score (nSPS) is 53.9. The zero-order valence-electron chi connectivity index (χ0n) is 7.83. The van der Waals surface area contributed by atoms with Crippen molar-refractivity contribution in [3.8, 4) is 0 Å². The molecule has 13 heavy (non-hydrogen) atoms. The van der Waals surface area contributed by atoms with Crippen LogP contribution in [-0.4, -0.2) is 17.0 Å². The molecule has 2 nitrogen and oxygen atoms in total. The monoisotopic (exact) mass is 180 g/mol. The predicted octanol–water partition coefficient (Wildman–Crippen LogP) is 1.52. The van der Waals surface area contributed by atoms with Gasteiger partial charge in [0.25, 0.3) is 0 Å². The van der Waals surface area contributed by atoms with Crippen molar-refractivity contribution < 1.29 is 9.90 Å². The molecular formula is C11H16O2. The highest BCUT2D eigenvalue weighted by Gasteiger charge is 2.63. The molecule has 0 aromatic heterocycles. The minimum Gasteiger partial charge on any atom is -0.393 e. The van der Waals surface area contributed by atoms with Crippen molar-refractivity contribution in [2.75, 3.05) is 0 Å². The van der Waals surface area contributed by atoms with Gasteiger partial charge < -0.3 is 5.11 Å². The molecule has 2 heteroatoms. The van der Waals surface area contributed by atoms with Crippen molar-refractivity contribution in [1.82, 2.24) is 0 Å². The topological polar surface area (TPSA) is 37.3 Å². The lowest BCUT2D eigenvalue weighted by atomic mass is 9.49. The molecule has 4 unspecified atom stereocenters. The van der Waals surface area contributed by atoms with Gasteiger partial charge in [0.05, 0.1) is 6.10 Å². The average Bonchev–Trinajstić information content (AvgIpc) is 2.57. The molecule has 3 saturated carbocycles. The van der Waals surface area contributed by atoms with Crippen molar-refractivity contribution in [1.29, 1.82) is 0 Å². The molecule has 0 bridgehead atoms. The maximum Gasteiger partial charge on any atom is 0.140 e. The van der Waals surface area contributed by atoms with Crippen LogP contribution in [0, 0.1) is 17.3 Å². The highest BCUT2D eigenvalue weighted by Crippen LogP contribution is 2.63. The summed E-state index contributed by atoms with van der Waals surface area (Å²) in [5, 5.41) is 9.86. The summed E-state index contributed by atoms with van der Waals surface area (Å²) in [6.45, 7) is 0. The number of rotatable bonds is 0. The molecule has 0 aromatic carbocycles. The van der Waals surface area contributed by atoms with Gasteiger partial charge in [-0.2, -0.15) is 0 Å². The summed E-state index contributed by atoms with van der Waals surface area (Å²) in [5.74, 6) is 1.42. The molecule has 1 N–H and O–H groups in total. The summed E-state index contributed by atoms with van der Waals surface area (Å²) in [4.78, 5) is 11.7. The van der Waals surface area contributed by atoms with Crippen molar-refractivity contribution >= 4 is 5.78 Å². The van der Waals surface area contributed by atoms with Crippen molar-refractivity contribution in [2.45, 2.75) is 44.6 Å². The fourth-order valence-corrected chi connectivity index (χ4v) is 4.07. The SMILES string of the molecule is O=C1CC2CCC(O)C3CCCC123. The molecule has 3 fully saturated rings. The smallest absolute Gasteiger partial charge is 0.140 e. The lowest BCUT2D eigenvalue weighted by molar-refractivity contribution is -0.163. The molecule has 0 amide bonds. The van der Waals surface area contributed by atoms with Gasteiger partial charge in [-0.1, -0.05) is 6.42 Å². The number of aliphatic hydroxyl groups excluding tert-OH is 1. The molecule has 0 radical (unpaired) electrons. The van der Waals surface area contributed by atoms with Crippen LogP contribution in [0.4, 0.5) is 0 Å². The molecule has 3 aliphatic rings. The van der Waals surface area contributed by atoms with E-state index in [2.05, 4.69) is 0 Å². The van der Waals surface area contributed by atoms with Crippen molar-refractivity contribution in [2.24, 2.45) is 17.3 Å². The van der Waals surface area contributed by atoms with Gasteiger partial charge in [-0.25, -0.2) is 0 Å². The van der Waals surface area contributed by atoms with Crippen LogP contribution in [0.15, 0.2) is 0 Å². The summed E-state index contributed by atoms with van der Waals surface area (Å²) in [6.07, 6.45) is 5.96. The van der Waals surface area contributed by atoms with E-state index in [-0.39, 0.29) is 11.5 Å². The molecule has 72 valence electrons. The first-order valence-electron chi connectivity index (χ1n) is 5.46. The zero-order valence-corrected chi connectivity index (χ0v) is 7.83. The maximum atomic E-state index is 11.7. The van der Waals surface area contributed by atoms with Crippen LogP contribution in [0.1, 0.15) is 38.5 Å². The van der Waals surface area contributed by atoms with E-state index in [1.54, 1.807) is 0 Å². The molecule has 0 aliphatic heterocycles. The van der Waals surface area contributed by atoms with Crippen LogP contribution < -0.4 is 0 Å². The van der Waals surface area contributed by atoms with E-state index in [9.17, 15) is 9.90 Å². The molecule has 0 heterocycles. The summed E-state index contributed by atoms with van der Waals surface area (Å²) in [5.41, 5.74) is -0.0301. The third-order valence-electron chi connectivity index (χ3n) is 4.72. The van der Waals surface area contributed by atoms with E-state index >= 15 is 0 Å². The van der Waals surface area contributed by atoms with E-state index < -0.39 is 0 Å². The second-order valence-corrected chi connectivity index (χ2v) is 5.01. The Labute approximate surface area is 78.3 Å². The van der Waals surface area contributed by atoms with Crippen LogP contribution >= 0.6 is 0 Å². The Morgan fingerprint density at radius 2 is 2.15 bits per heavy atom. The van der Waals surface area contributed by atoms with Gasteiger partial charge in [0, 0.05) is 11.8 Å². The first kappa shape index (κ1) is 7.98. The minimum absolute atomic E-state index is 0.0301. The van der Waals surface area contributed by atoms with E-state index in [0.29, 0.717) is 17.6 Å². The number of carbonyl (C=O) groups excluding carboxylic acids is 1.